The van der Waals surface area contributed by atoms with Crippen LogP contribution in [0.1, 0.15) is 42.5 Å². The summed E-state index contributed by atoms with van der Waals surface area (Å²) >= 11 is 1.46. The fraction of sp³-hybridized carbons (Fsp3) is 0.375. The summed E-state index contributed by atoms with van der Waals surface area (Å²) in [5, 5.41) is 5.09. The first-order valence-electron chi connectivity index (χ1n) is 7.17. The molecule has 0 radical (unpaired) electrons. The van der Waals surface area contributed by atoms with Gasteiger partial charge >= 0.3 is 6.18 Å². The molecule has 0 spiro atoms. The Bertz CT molecular complexity index is 680. The number of para-hydroxylation sites is 1. The molecule has 0 aliphatic carbocycles. The van der Waals surface area contributed by atoms with Gasteiger partial charge in [0, 0.05) is 18.2 Å². The van der Waals surface area contributed by atoms with Crippen molar-refractivity contribution in [2.45, 2.75) is 38.8 Å². The summed E-state index contributed by atoms with van der Waals surface area (Å²) in [4.78, 5) is 16.3. The van der Waals surface area contributed by atoms with Crippen LogP contribution in [0.4, 0.5) is 18.9 Å². The molecule has 7 heteroatoms. The Morgan fingerprint density at radius 2 is 2.00 bits per heavy atom. The number of hydrogen-bond acceptors (Lipinski definition) is 3. The van der Waals surface area contributed by atoms with Gasteiger partial charge in [0.15, 0.2) is 0 Å². The predicted octanol–water partition coefficient (Wildman–Crippen LogP) is 4.86. The molecule has 0 aliphatic heterocycles. The highest BCUT2D eigenvalue weighted by atomic mass is 32.1. The fourth-order valence-electron chi connectivity index (χ4n) is 1.98. The Morgan fingerprint density at radius 1 is 1.30 bits per heavy atom. The maximum absolute atomic E-state index is 12.9. The number of alkyl halides is 3. The van der Waals surface area contributed by atoms with Crippen LogP contribution in [0.3, 0.4) is 0 Å². The van der Waals surface area contributed by atoms with Crippen molar-refractivity contribution in [3.05, 3.63) is 45.9 Å². The van der Waals surface area contributed by atoms with E-state index in [1.807, 2.05) is 19.2 Å². The van der Waals surface area contributed by atoms with E-state index in [9.17, 15) is 18.0 Å². The van der Waals surface area contributed by atoms with E-state index in [0.29, 0.717) is 12.3 Å². The van der Waals surface area contributed by atoms with Gasteiger partial charge in [0.1, 0.15) is 0 Å². The Morgan fingerprint density at radius 3 is 2.61 bits per heavy atom. The van der Waals surface area contributed by atoms with Crippen molar-refractivity contribution in [3.63, 3.8) is 0 Å². The van der Waals surface area contributed by atoms with E-state index < -0.39 is 17.6 Å². The molecule has 0 atom stereocenters. The van der Waals surface area contributed by atoms with E-state index in [1.54, 1.807) is 0 Å². The van der Waals surface area contributed by atoms with Crippen molar-refractivity contribution in [2.24, 2.45) is 0 Å². The van der Waals surface area contributed by atoms with Crippen molar-refractivity contribution in [2.75, 3.05) is 5.32 Å². The van der Waals surface area contributed by atoms with E-state index >= 15 is 0 Å². The summed E-state index contributed by atoms with van der Waals surface area (Å²) < 4.78 is 38.6. The van der Waals surface area contributed by atoms with Crippen molar-refractivity contribution >= 4 is 22.9 Å². The molecule has 23 heavy (non-hydrogen) atoms. The molecule has 1 aromatic carbocycles. The second-order valence-electron chi connectivity index (χ2n) is 5.41. The van der Waals surface area contributed by atoms with E-state index in [-0.39, 0.29) is 12.1 Å². The summed E-state index contributed by atoms with van der Waals surface area (Å²) in [6, 6.07) is 4.95. The first kappa shape index (κ1) is 17.5. The van der Waals surface area contributed by atoms with Crippen LogP contribution in [-0.2, 0) is 17.4 Å². The quantitative estimate of drug-likeness (QED) is 0.843. The molecule has 1 N–H and O–H groups in total. The van der Waals surface area contributed by atoms with E-state index in [1.165, 1.54) is 29.5 Å². The van der Waals surface area contributed by atoms with Crippen LogP contribution in [0, 0.1) is 0 Å². The lowest BCUT2D eigenvalue weighted by Crippen LogP contribution is -2.16. The van der Waals surface area contributed by atoms with Gasteiger partial charge in [-0.15, -0.1) is 11.3 Å². The average Bonchev–Trinajstić information content (AvgIpc) is 2.94. The second kappa shape index (κ2) is 7.12. The van der Waals surface area contributed by atoms with E-state index in [0.717, 1.165) is 16.8 Å². The standard InChI is InChI=1S/C16H17F3N2OS/c1-10(2)13-9-23-15(21-13)8-7-14(22)20-12-6-4-3-5-11(12)16(17,18)19/h3-6,9-10H,7-8H2,1-2H3,(H,20,22). The van der Waals surface area contributed by atoms with Crippen LogP contribution in [0.2, 0.25) is 0 Å². The highest BCUT2D eigenvalue weighted by Gasteiger charge is 2.33. The molecule has 2 aromatic rings. The van der Waals surface area contributed by atoms with Gasteiger partial charge in [-0.3, -0.25) is 4.79 Å². The zero-order chi connectivity index (χ0) is 17.0. The van der Waals surface area contributed by atoms with Gasteiger partial charge in [0.05, 0.1) is 22.0 Å². The van der Waals surface area contributed by atoms with E-state index in [4.69, 9.17) is 0 Å². The molecule has 1 aromatic heterocycles. The lowest BCUT2D eigenvalue weighted by Gasteiger charge is -2.13. The first-order chi connectivity index (χ1) is 10.8. The Kier molecular flexibility index (Phi) is 5.41. The van der Waals surface area contributed by atoms with Gasteiger partial charge in [-0.1, -0.05) is 26.0 Å². The Hall–Kier alpha value is -1.89. The first-order valence-corrected chi connectivity index (χ1v) is 8.05. The number of amides is 1. The number of anilines is 1. The van der Waals surface area contributed by atoms with Gasteiger partial charge in [-0.25, -0.2) is 4.98 Å². The van der Waals surface area contributed by atoms with Gasteiger partial charge in [-0.2, -0.15) is 13.2 Å². The van der Waals surface area contributed by atoms with Crippen LogP contribution in [0.15, 0.2) is 29.6 Å². The molecule has 0 unspecified atom stereocenters. The fourth-order valence-corrected chi connectivity index (χ4v) is 2.94. The number of hydrogen-bond donors (Lipinski definition) is 1. The van der Waals surface area contributed by atoms with Gasteiger partial charge < -0.3 is 5.32 Å². The molecule has 1 amide bonds. The van der Waals surface area contributed by atoms with Gasteiger partial charge in [0.25, 0.3) is 0 Å². The lowest BCUT2D eigenvalue weighted by atomic mass is 10.1. The molecular weight excluding hydrogens is 325 g/mol. The minimum absolute atomic E-state index is 0.0945. The van der Waals surface area contributed by atoms with Gasteiger partial charge in [0.2, 0.25) is 5.91 Å². The summed E-state index contributed by atoms with van der Waals surface area (Å²) in [6.07, 6.45) is -3.99. The van der Waals surface area contributed by atoms with Crippen LogP contribution >= 0.6 is 11.3 Å². The van der Waals surface area contributed by atoms with Crippen molar-refractivity contribution in [1.82, 2.24) is 4.98 Å². The van der Waals surface area contributed by atoms with Crippen molar-refractivity contribution in [3.8, 4) is 0 Å². The number of aromatic nitrogens is 1. The summed E-state index contributed by atoms with van der Waals surface area (Å²) in [7, 11) is 0. The van der Waals surface area contributed by atoms with Crippen LogP contribution in [-0.4, -0.2) is 10.9 Å². The highest BCUT2D eigenvalue weighted by Crippen LogP contribution is 2.34. The summed E-state index contributed by atoms with van der Waals surface area (Å²) in [5.74, 6) is -0.143. The number of nitrogens with one attached hydrogen (secondary N) is 1. The molecule has 0 saturated carbocycles. The zero-order valence-electron chi connectivity index (χ0n) is 12.8. The zero-order valence-corrected chi connectivity index (χ0v) is 13.6. The maximum atomic E-state index is 12.9. The molecular formula is C16H17F3N2OS. The lowest BCUT2D eigenvalue weighted by molar-refractivity contribution is -0.137. The largest absolute Gasteiger partial charge is 0.418 e. The minimum Gasteiger partial charge on any atom is -0.325 e. The number of halogens is 3. The topological polar surface area (TPSA) is 42.0 Å². The second-order valence-corrected chi connectivity index (χ2v) is 6.35. The van der Waals surface area contributed by atoms with Crippen LogP contribution < -0.4 is 5.32 Å². The molecule has 0 aliphatic rings. The molecule has 124 valence electrons. The molecule has 3 nitrogen and oxygen atoms in total. The molecule has 2 rings (SSSR count). The molecule has 1 heterocycles. The number of rotatable bonds is 5. The van der Waals surface area contributed by atoms with Crippen LogP contribution in [0.5, 0.6) is 0 Å². The van der Waals surface area contributed by atoms with Crippen molar-refractivity contribution < 1.29 is 18.0 Å². The third-order valence-electron chi connectivity index (χ3n) is 3.23. The third-order valence-corrected chi connectivity index (χ3v) is 4.16. The minimum atomic E-state index is -4.49. The SMILES string of the molecule is CC(C)c1csc(CCC(=O)Nc2ccccc2C(F)(F)F)n1. The normalized spacial score (nSPS) is 11.7. The monoisotopic (exact) mass is 342 g/mol. The van der Waals surface area contributed by atoms with Crippen molar-refractivity contribution in [1.29, 1.82) is 0 Å². The highest BCUT2D eigenvalue weighted by molar-refractivity contribution is 7.09. The Balaban J connectivity index is 1.97. The smallest absolute Gasteiger partial charge is 0.325 e. The summed E-state index contributed by atoms with van der Waals surface area (Å²) in [6.45, 7) is 4.05. The molecule has 0 fully saturated rings. The summed E-state index contributed by atoms with van der Waals surface area (Å²) in [5.41, 5.74) is -0.0930. The molecule has 0 saturated heterocycles. The third kappa shape index (κ3) is 4.79. The van der Waals surface area contributed by atoms with Gasteiger partial charge in [-0.05, 0) is 18.1 Å². The maximum Gasteiger partial charge on any atom is 0.418 e. The number of nitrogens with zero attached hydrogens (tertiary/aromatic N) is 1. The Labute approximate surface area is 136 Å². The molecule has 0 bridgehead atoms. The number of aryl methyl sites for hydroxylation is 1. The number of benzene rings is 1. The number of carbonyl (C=O) groups is 1. The predicted molar refractivity (Wildman–Crippen MR) is 84.6 cm³/mol. The van der Waals surface area contributed by atoms with Crippen LogP contribution in [0.25, 0.3) is 0 Å². The average molecular weight is 342 g/mol. The number of carbonyl (C=O) groups excluding carboxylic acids is 1. The number of thiazole rings is 1. The van der Waals surface area contributed by atoms with E-state index in [2.05, 4.69) is 10.3 Å².